The van der Waals surface area contributed by atoms with Crippen LogP contribution in [0, 0.1) is 5.41 Å². The first-order valence-corrected chi connectivity index (χ1v) is 8.53. The summed E-state index contributed by atoms with van der Waals surface area (Å²) in [7, 11) is 3.38. The molecule has 0 aromatic heterocycles. The van der Waals surface area contributed by atoms with Crippen molar-refractivity contribution in [2.24, 2.45) is 11.1 Å². The van der Waals surface area contributed by atoms with Gasteiger partial charge in [-0.25, -0.2) is 0 Å². The molecule has 0 bridgehead atoms. The van der Waals surface area contributed by atoms with Gasteiger partial charge in [0.15, 0.2) is 5.79 Å². The van der Waals surface area contributed by atoms with Crippen molar-refractivity contribution in [3.05, 3.63) is 23.3 Å². The van der Waals surface area contributed by atoms with Crippen LogP contribution in [0.25, 0.3) is 0 Å². The Bertz CT molecular complexity index is 618. The quantitative estimate of drug-likeness (QED) is 0.920. The second kappa shape index (κ2) is 5.90. The minimum absolute atomic E-state index is 0.0172. The lowest BCUT2D eigenvalue weighted by molar-refractivity contribution is -0.319. The molecule has 1 aliphatic heterocycles. The summed E-state index contributed by atoms with van der Waals surface area (Å²) >= 11 is 0. The smallest absolute Gasteiger partial charge is 0.183 e. The van der Waals surface area contributed by atoms with E-state index in [1.165, 1.54) is 5.56 Å². The third kappa shape index (κ3) is 2.79. The van der Waals surface area contributed by atoms with Gasteiger partial charge in [0, 0.05) is 16.5 Å². The van der Waals surface area contributed by atoms with Crippen molar-refractivity contribution in [1.29, 1.82) is 0 Å². The first kappa shape index (κ1) is 17.5. The van der Waals surface area contributed by atoms with Gasteiger partial charge in [0.05, 0.1) is 33.0 Å². The summed E-state index contributed by atoms with van der Waals surface area (Å²) in [6.45, 7) is 7.54. The van der Waals surface area contributed by atoms with Crippen molar-refractivity contribution in [2.45, 2.75) is 51.4 Å². The van der Waals surface area contributed by atoms with Crippen LogP contribution in [0.4, 0.5) is 0 Å². The predicted molar refractivity (Wildman–Crippen MR) is 92.6 cm³/mol. The maximum atomic E-state index is 6.84. The predicted octanol–water partition coefficient (Wildman–Crippen LogP) is 2.68. The van der Waals surface area contributed by atoms with E-state index in [-0.39, 0.29) is 5.41 Å². The van der Waals surface area contributed by atoms with Crippen LogP contribution in [0.1, 0.15) is 38.3 Å². The van der Waals surface area contributed by atoms with Gasteiger partial charge in [-0.3, -0.25) is 0 Å². The number of hydrogen-bond donors (Lipinski definition) is 1. The average Bonchev–Trinajstić information content (AvgIpc) is 2.56. The number of methoxy groups -OCH3 is 2. The van der Waals surface area contributed by atoms with Gasteiger partial charge in [-0.1, -0.05) is 13.8 Å². The molecule has 1 aromatic carbocycles. The van der Waals surface area contributed by atoms with Gasteiger partial charge in [0.1, 0.15) is 11.5 Å². The highest BCUT2D eigenvalue weighted by Crippen LogP contribution is 2.45. The highest BCUT2D eigenvalue weighted by atomic mass is 16.7. The molecule has 3 rings (SSSR count). The number of benzene rings is 1. The van der Waals surface area contributed by atoms with E-state index in [4.69, 9.17) is 24.7 Å². The maximum Gasteiger partial charge on any atom is 0.183 e. The summed E-state index contributed by atoms with van der Waals surface area (Å²) in [6, 6.07) is 3.90. The number of hydrogen-bond acceptors (Lipinski definition) is 5. The molecule has 2 aliphatic rings. The minimum atomic E-state index is -0.797. The summed E-state index contributed by atoms with van der Waals surface area (Å²) < 4.78 is 23.4. The third-order valence-corrected chi connectivity index (χ3v) is 5.48. The Kier molecular flexibility index (Phi) is 4.31. The van der Waals surface area contributed by atoms with Gasteiger partial charge in [-0.05, 0) is 38.3 Å². The fourth-order valence-electron chi connectivity index (χ4n) is 3.68. The largest absolute Gasteiger partial charge is 0.496 e. The number of nitrogens with two attached hydrogens (primary N) is 1. The molecular formula is C19H29NO4. The molecule has 1 aromatic rings. The molecule has 0 spiro atoms. The number of ether oxygens (including phenoxy) is 4. The monoisotopic (exact) mass is 335 g/mol. The Morgan fingerprint density at radius 2 is 1.50 bits per heavy atom. The molecule has 134 valence electrons. The molecule has 24 heavy (non-hydrogen) atoms. The van der Waals surface area contributed by atoms with E-state index < -0.39 is 11.3 Å². The highest BCUT2D eigenvalue weighted by Gasteiger charge is 2.53. The number of rotatable bonds is 3. The van der Waals surface area contributed by atoms with E-state index in [0.717, 1.165) is 29.9 Å². The Morgan fingerprint density at radius 3 is 2.04 bits per heavy atom. The van der Waals surface area contributed by atoms with E-state index in [1.54, 1.807) is 14.2 Å². The van der Waals surface area contributed by atoms with Crippen molar-refractivity contribution >= 4 is 0 Å². The molecule has 5 heteroatoms. The van der Waals surface area contributed by atoms with Gasteiger partial charge < -0.3 is 24.7 Å². The Balaban J connectivity index is 1.93. The molecule has 1 atom stereocenters. The summed E-state index contributed by atoms with van der Waals surface area (Å²) in [6.07, 6.45) is 2.23. The normalized spacial score (nSPS) is 28.1. The van der Waals surface area contributed by atoms with Gasteiger partial charge >= 0.3 is 0 Å². The van der Waals surface area contributed by atoms with Crippen molar-refractivity contribution in [2.75, 3.05) is 27.4 Å². The highest BCUT2D eigenvalue weighted by molar-refractivity contribution is 5.51. The van der Waals surface area contributed by atoms with Crippen molar-refractivity contribution in [3.63, 3.8) is 0 Å². The van der Waals surface area contributed by atoms with E-state index in [2.05, 4.69) is 13.8 Å². The molecule has 1 saturated heterocycles. The van der Waals surface area contributed by atoms with Crippen molar-refractivity contribution in [1.82, 2.24) is 0 Å². The maximum absolute atomic E-state index is 6.84. The molecule has 5 nitrogen and oxygen atoms in total. The molecule has 0 unspecified atom stereocenters. The topological polar surface area (TPSA) is 62.9 Å². The zero-order valence-corrected chi connectivity index (χ0v) is 15.4. The van der Waals surface area contributed by atoms with Crippen LogP contribution in [0.3, 0.4) is 0 Å². The van der Waals surface area contributed by atoms with E-state index in [9.17, 15) is 0 Å². The molecule has 0 radical (unpaired) electrons. The Labute approximate surface area is 144 Å². The first-order valence-electron chi connectivity index (χ1n) is 8.53. The third-order valence-electron chi connectivity index (χ3n) is 5.48. The summed E-state index contributed by atoms with van der Waals surface area (Å²) in [5.74, 6) is 0.943. The van der Waals surface area contributed by atoms with E-state index in [0.29, 0.717) is 19.6 Å². The molecule has 0 saturated carbocycles. The van der Waals surface area contributed by atoms with Gasteiger partial charge in [-0.2, -0.15) is 0 Å². The molecular weight excluding hydrogens is 306 g/mol. The van der Waals surface area contributed by atoms with Crippen LogP contribution in [0.2, 0.25) is 0 Å². The van der Waals surface area contributed by atoms with E-state index >= 15 is 0 Å². The summed E-state index contributed by atoms with van der Waals surface area (Å²) in [4.78, 5) is 0. The summed E-state index contributed by atoms with van der Waals surface area (Å²) in [5.41, 5.74) is 8.54. The molecule has 1 aliphatic carbocycles. The molecule has 0 amide bonds. The minimum Gasteiger partial charge on any atom is -0.496 e. The van der Waals surface area contributed by atoms with Crippen molar-refractivity contribution < 1.29 is 18.9 Å². The average molecular weight is 335 g/mol. The van der Waals surface area contributed by atoms with Gasteiger partial charge in [0.25, 0.3) is 0 Å². The molecule has 2 N–H and O–H groups in total. The lowest BCUT2D eigenvalue weighted by Crippen LogP contribution is -2.67. The summed E-state index contributed by atoms with van der Waals surface area (Å²) in [5, 5.41) is 0. The van der Waals surface area contributed by atoms with Crippen LogP contribution in [-0.4, -0.2) is 38.8 Å². The van der Waals surface area contributed by atoms with Crippen LogP contribution in [0.5, 0.6) is 11.5 Å². The molecule has 1 heterocycles. The van der Waals surface area contributed by atoms with E-state index in [1.807, 2.05) is 19.1 Å². The SMILES string of the molecule is COc1ccc(OC)c2c1CC[C@](N)(C1(C)OCC(C)(C)CO1)C2. The lowest BCUT2D eigenvalue weighted by Gasteiger charge is -2.52. The van der Waals surface area contributed by atoms with Crippen LogP contribution >= 0.6 is 0 Å². The molecule has 1 fully saturated rings. The fourth-order valence-corrected chi connectivity index (χ4v) is 3.68. The first-order chi connectivity index (χ1) is 11.2. The van der Waals surface area contributed by atoms with Gasteiger partial charge in [0.2, 0.25) is 0 Å². The van der Waals surface area contributed by atoms with Crippen LogP contribution in [-0.2, 0) is 22.3 Å². The number of fused-ring (bicyclic) bond motifs is 1. The fraction of sp³-hybridized carbons (Fsp3) is 0.684. The van der Waals surface area contributed by atoms with Gasteiger partial charge in [-0.15, -0.1) is 0 Å². The second-order valence-electron chi connectivity index (χ2n) is 7.95. The zero-order chi connectivity index (χ0) is 17.6. The second-order valence-corrected chi connectivity index (χ2v) is 7.95. The lowest BCUT2D eigenvalue weighted by atomic mass is 9.72. The standard InChI is InChI=1S/C19H29NO4/c1-17(2)11-23-18(3,24-12-17)19(20)9-8-13-14(10-19)16(22-5)7-6-15(13)21-4/h6-7H,8-12,20H2,1-5H3/t19-/m1/s1. The van der Waals surface area contributed by atoms with Crippen molar-refractivity contribution in [3.8, 4) is 11.5 Å². The van der Waals surface area contributed by atoms with Crippen LogP contribution < -0.4 is 15.2 Å². The zero-order valence-electron chi connectivity index (χ0n) is 15.4. The Hall–Kier alpha value is -1.30. The Morgan fingerprint density at radius 1 is 0.958 bits per heavy atom. The van der Waals surface area contributed by atoms with Crippen LogP contribution in [0.15, 0.2) is 12.1 Å².